The van der Waals surface area contributed by atoms with E-state index in [0.717, 1.165) is 100 Å². The van der Waals surface area contributed by atoms with E-state index in [4.69, 9.17) is 25.6 Å². The van der Waals surface area contributed by atoms with Gasteiger partial charge in [0, 0.05) is 62.6 Å². The fourth-order valence-corrected chi connectivity index (χ4v) is 14.2. The molecule has 19 rings (SSSR count). The number of nitrogens with zero attached hydrogens (tertiary/aromatic N) is 11. The minimum absolute atomic E-state index is 0. The Kier molecular flexibility index (Phi) is 28.7. The second-order valence-electron chi connectivity index (χ2n) is 34.0. The van der Waals surface area contributed by atoms with Crippen molar-refractivity contribution in [3.05, 3.63) is 368 Å². The molecule has 0 aliphatic heterocycles. The molecule has 2 radical (unpaired) electrons. The molecular weight excluding hydrogens is 1580 g/mol. The first-order valence-electron chi connectivity index (χ1n) is 42.3. The van der Waals surface area contributed by atoms with Crippen molar-refractivity contribution >= 4 is 45.8 Å². The molecule has 19 heteroatoms. The first-order chi connectivity index (χ1) is 61.3. The standard InChI is InChI=1S/C30H30N4O2.C30H27N3.C24H22N2O.C22H14N2O.2CH4.BH2N.BH2P/c1-29(2,3)23-14-10-19(11-15-23)25-31-33-27(35-25)21-8-7-9-22(18-21)28-34-32-26(36-28)20-12-16-24(17-13-20)30(4,5)6;1-30(2,3)26-20-18-25(19-21-26)29-32-31-28(33(29)27-12-8-5-9-13-27)24-16-14-23(15-17-24)22-10-6-4-7-11-22;1-24(2,3)21-15-13-20(14-16-21)23-26-25-22(27-23)19-11-9-18(10-12-19)17-7-5-4-6-8-17;1-3-11-17-15(7-1)9-5-13-19(17)21-23-24-22(25-21)20-14-6-10-16-8-2-4-12-18(16)20;;;2*1-2/h7-18H,1-6H3;4-21H,1-3H3;4-16H,1-3H3;1-14H;2*1H4;1-2H;2H2/i;;;;;;1D;2D. The molecule has 0 aliphatic carbocycles. The SMILES string of the molecule is C.C.CC(C)(C)c1ccc(-c2nnc(-c3ccc(-c4ccccc4)cc3)n2-c2ccccc2)cc1.CC(C)(C)c1ccc(-c2nnc(-c3ccc(-c4ccccc4)cc3)o2)cc1.CC(C)(C)c1ccc(-c2nnc(-c3cccc(-c4nnc(-c5ccc(C(C)(C)C)cc5)o4)c3)o2)cc1.[2H]B=N.[2H]P[B].c1ccc2c(-c3nnc(-c4cccc5ccccc45)o3)cccc2c1. The molecule has 632 valence electrons. The molecule has 0 bridgehead atoms. The normalized spacial score (nSPS) is 11.4. The molecule has 1 N–H and O–H groups in total. The molecule has 0 amide bonds. The van der Waals surface area contributed by atoms with Crippen LogP contribution in [0.15, 0.2) is 363 Å². The zero-order valence-corrected chi connectivity index (χ0v) is 73.1. The molecule has 0 spiro atoms. The van der Waals surface area contributed by atoms with Crippen LogP contribution in [0.2, 0.25) is 0 Å². The van der Waals surface area contributed by atoms with Crippen molar-refractivity contribution in [3.8, 4) is 142 Å². The fourth-order valence-electron chi connectivity index (χ4n) is 14.2. The summed E-state index contributed by atoms with van der Waals surface area (Å²) in [6, 6.07) is 118. The first kappa shape index (κ1) is 89.0. The van der Waals surface area contributed by atoms with Gasteiger partial charge >= 0.3 is 14.3 Å². The monoisotopic (exact) mass is 1690 g/mol. The number of benzene rings is 14. The van der Waals surface area contributed by atoms with Crippen LogP contribution in [0.1, 0.15) is 120 Å². The number of hydrogen-bond donors (Lipinski definition) is 1. The minimum Gasteiger partial charge on any atom is -0.416 e. The molecule has 0 fully saturated rings. The summed E-state index contributed by atoms with van der Waals surface area (Å²) in [4.78, 5) is 0. The van der Waals surface area contributed by atoms with E-state index in [1.54, 1.807) is 0 Å². The predicted molar refractivity (Wildman–Crippen MR) is 526 cm³/mol. The van der Waals surface area contributed by atoms with Crippen LogP contribution in [-0.4, -0.2) is 73.3 Å². The quantitative estimate of drug-likeness (QED) is 0.0841. The van der Waals surface area contributed by atoms with Crippen molar-refractivity contribution in [2.45, 2.75) is 120 Å². The molecule has 127 heavy (non-hydrogen) atoms. The molecule has 0 saturated heterocycles. The van der Waals surface area contributed by atoms with E-state index in [0.29, 0.717) is 54.7 Å². The number of para-hydroxylation sites is 1. The molecule has 14 aromatic carbocycles. The Morgan fingerprint density at radius 2 is 0.496 bits per heavy atom. The molecule has 0 saturated carbocycles. The zero-order chi connectivity index (χ0) is 89.2. The molecule has 19 aromatic rings. The number of nitrogens with one attached hydrogen (secondary N) is 1. The van der Waals surface area contributed by atoms with Gasteiger partial charge in [0.25, 0.3) is 0 Å². The van der Waals surface area contributed by atoms with Crippen LogP contribution in [0.4, 0.5) is 0 Å². The third kappa shape index (κ3) is 22.1. The number of fused-ring (bicyclic) bond motifs is 2. The Labute approximate surface area is 752 Å². The Bertz CT molecular complexity index is 6590. The van der Waals surface area contributed by atoms with Gasteiger partial charge in [-0.2, -0.15) is 9.06 Å². The van der Waals surface area contributed by atoms with Crippen LogP contribution in [-0.2, 0) is 21.7 Å². The van der Waals surface area contributed by atoms with E-state index in [9.17, 15) is 0 Å². The van der Waals surface area contributed by atoms with Crippen LogP contribution in [0.25, 0.3) is 164 Å². The molecule has 1 atom stereocenters. The van der Waals surface area contributed by atoms with Crippen LogP contribution in [0.3, 0.4) is 0 Å². The van der Waals surface area contributed by atoms with Crippen molar-refractivity contribution in [2.24, 2.45) is 0 Å². The van der Waals surface area contributed by atoms with Gasteiger partial charge in [0.2, 0.25) is 47.1 Å². The van der Waals surface area contributed by atoms with Gasteiger partial charge < -0.3 is 17.7 Å². The maximum Gasteiger partial charge on any atom is 0.248 e. The summed E-state index contributed by atoms with van der Waals surface area (Å²) in [5, 5.41) is 53.6. The third-order valence-corrected chi connectivity index (χ3v) is 21.3. The Balaban J connectivity index is 0.000000153. The zero-order valence-electron chi connectivity index (χ0n) is 74.1. The predicted octanol–water partition coefficient (Wildman–Crippen LogP) is 28.2. The second kappa shape index (κ2) is 41.0. The van der Waals surface area contributed by atoms with Crippen LogP contribution in [0.5, 0.6) is 0 Å². The van der Waals surface area contributed by atoms with E-state index in [2.05, 4.69) is 328 Å². The first-order valence-corrected chi connectivity index (χ1v) is 41.8. The molecule has 1 unspecified atom stereocenters. The second-order valence-corrected chi connectivity index (χ2v) is 34.0. The van der Waals surface area contributed by atoms with Gasteiger partial charge in [-0.05, 0) is 179 Å². The van der Waals surface area contributed by atoms with Gasteiger partial charge in [-0.1, -0.05) is 353 Å². The van der Waals surface area contributed by atoms with Gasteiger partial charge in [0.05, 0.1) is 7.57 Å². The minimum atomic E-state index is -0.167. The largest absolute Gasteiger partial charge is 0.416 e. The van der Waals surface area contributed by atoms with Crippen molar-refractivity contribution in [2.75, 3.05) is 0 Å². The molecule has 5 aromatic heterocycles. The van der Waals surface area contributed by atoms with E-state index in [1.807, 2.05) is 164 Å². The van der Waals surface area contributed by atoms with Gasteiger partial charge in [0.15, 0.2) is 11.6 Å². The summed E-state index contributed by atoms with van der Waals surface area (Å²) in [7, 11) is 4.88. The van der Waals surface area contributed by atoms with Crippen LogP contribution >= 0.6 is 9.06 Å². The molecular formula is C108H105B2N12O4P. The van der Waals surface area contributed by atoms with Crippen molar-refractivity contribution in [3.63, 3.8) is 0 Å². The summed E-state index contributed by atoms with van der Waals surface area (Å²) in [5.74, 6) is 5.65. The summed E-state index contributed by atoms with van der Waals surface area (Å²) >= 11 is 0. The summed E-state index contributed by atoms with van der Waals surface area (Å²) in [6.45, 7) is 26.4. The Hall–Kier alpha value is -14.3. The van der Waals surface area contributed by atoms with Crippen molar-refractivity contribution in [1.82, 2.24) is 55.6 Å². The summed E-state index contributed by atoms with van der Waals surface area (Å²) < 4.78 is 37.9. The maximum atomic E-state index is 6.05. The Morgan fingerprint density at radius 1 is 0.276 bits per heavy atom. The van der Waals surface area contributed by atoms with Gasteiger partial charge in [-0.15, -0.1) is 51.0 Å². The maximum absolute atomic E-state index is 6.05. The summed E-state index contributed by atoms with van der Waals surface area (Å²) in [5.41, 5.74) is 20.5. The number of hydrogen-bond acceptors (Lipinski definition) is 15. The van der Waals surface area contributed by atoms with E-state index < -0.39 is 0 Å². The van der Waals surface area contributed by atoms with Crippen molar-refractivity contribution in [1.29, 1.82) is 7.93 Å². The Morgan fingerprint density at radius 3 is 0.819 bits per heavy atom. The molecule has 5 heterocycles. The number of aromatic nitrogens is 11. The van der Waals surface area contributed by atoms with Crippen LogP contribution in [0, 0.1) is 5.31 Å². The van der Waals surface area contributed by atoms with E-state index in [-0.39, 0.29) is 45.6 Å². The van der Waals surface area contributed by atoms with Gasteiger partial charge in [-0.25, -0.2) is 0 Å². The van der Waals surface area contributed by atoms with E-state index in [1.165, 1.54) is 38.9 Å². The van der Waals surface area contributed by atoms with E-state index >= 15 is 0 Å². The fraction of sp³-hybridized carbons (Fsp3) is 0.167. The smallest absolute Gasteiger partial charge is 0.248 e. The van der Waals surface area contributed by atoms with Gasteiger partial charge in [-0.3, -0.25) is 4.57 Å². The molecule has 0 aliphatic rings. The number of rotatable bonds is 13. The average molecular weight is 1690 g/mol. The van der Waals surface area contributed by atoms with Crippen LogP contribution < -0.4 is 0 Å². The van der Waals surface area contributed by atoms with Crippen molar-refractivity contribution < 1.29 is 17.7 Å². The average Bonchev–Trinajstić information content (AvgIpc) is 1.63. The third-order valence-electron chi connectivity index (χ3n) is 21.3. The topological polar surface area (TPSA) is 210 Å². The summed E-state index contributed by atoms with van der Waals surface area (Å²) in [6.07, 6.45) is 0. The molecule has 16 nitrogen and oxygen atoms in total. The van der Waals surface area contributed by atoms with Gasteiger partial charge in [0.1, 0.15) is 0 Å².